The van der Waals surface area contributed by atoms with E-state index in [0.717, 1.165) is 25.7 Å². The highest BCUT2D eigenvalue weighted by atomic mass is 32.2. The van der Waals surface area contributed by atoms with Gasteiger partial charge < -0.3 is 11.1 Å². The van der Waals surface area contributed by atoms with Crippen LogP contribution in [0.25, 0.3) is 0 Å². The van der Waals surface area contributed by atoms with E-state index in [2.05, 4.69) is 5.32 Å². The highest BCUT2D eigenvalue weighted by Gasteiger charge is 2.24. The SMILES string of the molecule is Nc1ccccc1NC(=O)CS(=O)(=O)CC1CCCC1. The van der Waals surface area contributed by atoms with E-state index >= 15 is 0 Å². The number of rotatable bonds is 5. The third-order valence-corrected chi connectivity index (χ3v) is 5.23. The Morgan fingerprint density at radius 3 is 2.55 bits per heavy atom. The van der Waals surface area contributed by atoms with Crippen LogP contribution in [-0.4, -0.2) is 25.8 Å². The van der Waals surface area contributed by atoms with Crippen molar-refractivity contribution in [2.24, 2.45) is 5.92 Å². The Hall–Kier alpha value is -1.56. The number of nitrogens with two attached hydrogens (primary N) is 1. The number of amides is 1. The molecular formula is C14H20N2O3S. The van der Waals surface area contributed by atoms with Crippen molar-refractivity contribution >= 4 is 27.1 Å². The van der Waals surface area contributed by atoms with Crippen LogP contribution in [0.4, 0.5) is 11.4 Å². The van der Waals surface area contributed by atoms with Crippen LogP contribution in [0.5, 0.6) is 0 Å². The minimum atomic E-state index is -3.35. The van der Waals surface area contributed by atoms with E-state index in [1.807, 2.05) is 0 Å². The molecule has 1 aliphatic rings. The first kappa shape index (κ1) is 14.8. The molecule has 0 atom stereocenters. The zero-order chi connectivity index (χ0) is 14.6. The first-order valence-corrected chi connectivity index (χ1v) is 8.63. The van der Waals surface area contributed by atoms with Crippen molar-refractivity contribution in [1.29, 1.82) is 0 Å². The molecular weight excluding hydrogens is 276 g/mol. The Bertz CT molecular complexity index is 578. The van der Waals surface area contributed by atoms with Crippen molar-refractivity contribution in [3.05, 3.63) is 24.3 Å². The Morgan fingerprint density at radius 1 is 1.25 bits per heavy atom. The number of hydrogen-bond acceptors (Lipinski definition) is 4. The van der Waals surface area contributed by atoms with Gasteiger partial charge in [-0.15, -0.1) is 0 Å². The number of benzene rings is 1. The molecule has 1 aromatic rings. The van der Waals surface area contributed by atoms with Crippen molar-refractivity contribution < 1.29 is 13.2 Å². The number of para-hydroxylation sites is 2. The van der Waals surface area contributed by atoms with E-state index in [9.17, 15) is 13.2 Å². The first-order valence-electron chi connectivity index (χ1n) is 6.81. The van der Waals surface area contributed by atoms with Gasteiger partial charge >= 0.3 is 0 Å². The van der Waals surface area contributed by atoms with Crippen LogP contribution in [0.3, 0.4) is 0 Å². The molecule has 3 N–H and O–H groups in total. The largest absolute Gasteiger partial charge is 0.397 e. The van der Waals surface area contributed by atoms with Crippen LogP contribution >= 0.6 is 0 Å². The van der Waals surface area contributed by atoms with Crippen molar-refractivity contribution in [3.63, 3.8) is 0 Å². The summed E-state index contributed by atoms with van der Waals surface area (Å²) in [6.07, 6.45) is 4.08. The third-order valence-electron chi connectivity index (χ3n) is 3.55. The highest BCUT2D eigenvalue weighted by molar-refractivity contribution is 7.92. The summed E-state index contributed by atoms with van der Waals surface area (Å²) in [4.78, 5) is 11.8. The Labute approximate surface area is 119 Å². The molecule has 1 amide bonds. The van der Waals surface area contributed by atoms with Gasteiger partial charge in [-0.2, -0.15) is 0 Å². The summed E-state index contributed by atoms with van der Waals surface area (Å²) in [5.74, 6) is -0.668. The first-order chi connectivity index (χ1) is 9.46. The van der Waals surface area contributed by atoms with Gasteiger partial charge in [0.2, 0.25) is 5.91 Å². The topological polar surface area (TPSA) is 89.3 Å². The Kier molecular flexibility index (Phi) is 4.65. The molecule has 0 bridgehead atoms. The van der Waals surface area contributed by atoms with E-state index in [1.165, 1.54) is 0 Å². The maximum atomic E-state index is 12.0. The maximum Gasteiger partial charge on any atom is 0.239 e. The van der Waals surface area contributed by atoms with Gasteiger partial charge in [-0.1, -0.05) is 25.0 Å². The summed E-state index contributed by atoms with van der Waals surface area (Å²) in [6, 6.07) is 6.79. The molecule has 1 saturated carbocycles. The molecule has 2 rings (SSSR count). The molecule has 0 spiro atoms. The predicted molar refractivity (Wildman–Crippen MR) is 80.1 cm³/mol. The smallest absolute Gasteiger partial charge is 0.239 e. The lowest BCUT2D eigenvalue weighted by molar-refractivity contribution is -0.113. The third kappa shape index (κ3) is 4.23. The molecule has 0 aromatic heterocycles. The van der Waals surface area contributed by atoms with Gasteiger partial charge in [0, 0.05) is 0 Å². The second-order valence-electron chi connectivity index (χ2n) is 5.34. The molecule has 20 heavy (non-hydrogen) atoms. The number of carbonyl (C=O) groups is 1. The predicted octanol–water partition coefficient (Wildman–Crippen LogP) is 1.81. The number of nitrogens with one attached hydrogen (secondary N) is 1. The summed E-state index contributed by atoms with van der Waals surface area (Å²) in [6.45, 7) is 0. The van der Waals surface area contributed by atoms with Crippen LogP contribution < -0.4 is 11.1 Å². The normalized spacial score (nSPS) is 16.2. The van der Waals surface area contributed by atoms with E-state index in [1.54, 1.807) is 24.3 Å². The molecule has 0 saturated heterocycles. The van der Waals surface area contributed by atoms with Crippen molar-refractivity contribution in [3.8, 4) is 0 Å². The zero-order valence-corrected chi connectivity index (χ0v) is 12.2. The molecule has 1 aliphatic carbocycles. The Morgan fingerprint density at radius 2 is 1.90 bits per heavy atom. The molecule has 0 aliphatic heterocycles. The number of nitrogen functional groups attached to an aromatic ring is 1. The number of sulfone groups is 1. The van der Waals surface area contributed by atoms with Crippen LogP contribution in [-0.2, 0) is 14.6 Å². The summed E-state index contributed by atoms with van der Waals surface area (Å²) in [5, 5.41) is 2.55. The standard InChI is InChI=1S/C14H20N2O3S/c15-12-7-3-4-8-13(12)16-14(17)10-20(18,19)9-11-5-1-2-6-11/h3-4,7-8,11H,1-2,5-6,9-10,15H2,(H,16,17). The van der Waals surface area contributed by atoms with E-state index in [4.69, 9.17) is 5.73 Å². The van der Waals surface area contributed by atoms with Crippen molar-refractivity contribution in [2.45, 2.75) is 25.7 Å². The molecule has 110 valence electrons. The molecule has 0 radical (unpaired) electrons. The summed E-state index contributed by atoms with van der Waals surface area (Å²) in [7, 11) is -3.35. The maximum absolute atomic E-state index is 12.0. The number of carbonyl (C=O) groups excluding carboxylic acids is 1. The van der Waals surface area contributed by atoms with Gasteiger partial charge in [-0.3, -0.25) is 4.79 Å². The fourth-order valence-corrected chi connectivity index (χ4v) is 4.23. The van der Waals surface area contributed by atoms with Crippen LogP contribution in [0.2, 0.25) is 0 Å². The average molecular weight is 296 g/mol. The monoisotopic (exact) mass is 296 g/mol. The summed E-state index contributed by atoms with van der Waals surface area (Å²) >= 11 is 0. The van der Waals surface area contributed by atoms with Gasteiger partial charge in [-0.25, -0.2) is 8.42 Å². The lowest BCUT2D eigenvalue weighted by Gasteiger charge is -2.11. The van der Waals surface area contributed by atoms with Gasteiger partial charge in [-0.05, 0) is 30.9 Å². The van der Waals surface area contributed by atoms with Gasteiger partial charge in [0.15, 0.2) is 9.84 Å². The van der Waals surface area contributed by atoms with Crippen LogP contribution in [0.1, 0.15) is 25.7 Å². The number of anilines is 2. The minimum absolute atomic E-state index is 0.116. The molecule has 0 unspecified atom stereocenters. The quantitative estimate of drug-likeness (QED) is 0.811. The van der Waals surface area contributed by atoms with Crippen molar-refractivity contribution in [2.75, 3.05) is 22.6 Å². The van der Waals surface area contributed by atoms with Crippen LogP contribution in [0.15, 0.2) is 24.3 Å². The molecule has 6 heteroatoms. The average Bonchev–Trinajstić information content (AvgIpc) is 2.83. The van der Waals surface area contributed by atoms with Crippen molar-refractivity contribution in [1.82, 2.24) is 0 Å². The second-order valence-corrected chi connectivity index (χ2v) is 7.45. The lowest BCUT2D eigenvalue weighted by atomic mass is 10.1. The van der Waals surface area contributed by atoms with E-state index in [0.29, 0.717) is 11.4 Å². The Balaban J connectivity index is 1.92. The molecule has 5 nitrogen and oxygen atoms in total. The fourth-order valence-electron chi connectivity index (χ4n) is 2.59. The van der Waals surface area contributed by atoms with Gasteiger partial charge in [0.25, 0.3) is 0 Å². The lowest BCUT2D eigenvalue weighted by Crippen LogP contribution is -2.27. The second kappa shape index (κ2) is 6.26. The van der Waals surface area contributed by atoms with Crippen LogP contribution in [0, 0.1) is 5.92 Å². The summed E-state index contributed by atoms with van der Waals surface area (Å²) < 4.78 is 24.0. The number of hydrogen-bond donors (Lipinski definition) is 2. The van der Waals surface area contributed by atoms with E-state index in [-0.39, 0.29) is 11.7 Å². The van der Waals surface area contributed by atoms with E-state index < -0.39 is 21.5 Å². The molecule has 1 fully saturated rings. The molecule has 1 aromatic carbocycles. The van der Waals surface area contributed by atoms with Gasteiger partial charge in [0.1, 0.15) is 5.75 Å². The highest BCUT2D eigenvalue weighted by Crippen LogP contribution is 2.26. The summed E-state index contributed by atoms with van der Waals surface area (Å²) in [5.41, 5.74) is 6.58. The zero-order valence-electron chi connectivity index (χ0n) is 11.3. The fraction of sp³-hybridized carbons (Fsp3) is 0.500. The van der Waals surface area contributed by atoms with Gasteiger partial charge in [0.05, 0.1) is 17.1 Å². The minimum Gasteiger partial charge on any atom is -0.397 e. The molecule has 0 heterocycles.